The molecular formula is C16H11ClF5N3O3. The van der Waals surface area contributed by atoms with E-state index in [4.69, 9.17) is 16.7 Å². The second-order valence-corrected chi connectivity index (χ2v) is 5.70. The van der Waals surface area contributed by atoms with Crippen molar-refractivity contribution in [1.29, 1.82) is 0 Å². The summed E-state index contributed by atoms with van der Waals surface area (Å²) in [5.74, 6) is -4.66. The van der Waals surface area contributed by atoms with Gasteiger partial charge in [0, 0.05) is 18.8 Å². The summed E-state index contributed by atoms with van der Waals surface area (Å²) >= 11 is 5.65. The van der Waals surface area contributed by atoms with E-state index < -0.39 is 63.8 Å². The highest BCUT2D eigenvalue weighted by Crippen LogP contribution is 2.31. The summed E-state index contributed by atoms with van der Waals surface area (Å²) in [5.41, 5.74) is -3.21. The van der Waals surface area contributed by atoms with Gasteiger partial charge in [0.15, 0.2) is 0 Å². The summed E-state index contributed by atoms with van der Waals surface area (Å²) in [5, 5.41) is 12.1. The number of anilines is 1. The molecule has 0 aliphatic heterocycles. The van der Waals surface area contributed by atoms with Crippen LogP contribution in [0.3, 0.4) is 0 Å². The van der Waals surface area contributed by atoms with Crippen molar-refractivity contribution in [3.8, 4) is 0 Å². The highest BCUT2D eigenvalue weighted by Gasteiger charge is 2.32. The molecule has 0 radical (unpaired) electrons. The predicted molar refractivity (Wildman–Crippen MR) is 88.0 cm³/mol. The molecule has 0 fully saturated rings. The van der Waals surface area contributed by atoms with Crippen molar-refractivity contribution in [3.63, 3.8) is 0 Å². The van der Waals surface area contributed by atoms with Crippen molar-refractivity contribution >= 4 is 29.1 Å². The van der Waals surface area contributed by atoms with E-state index in [1.165, 1.54) is 0 Å². The minimum atomic E-state index is -4.74. The number of amides is 2. The number of carbonyl (C=O) groups excluding carboxylic acids is 2. The van der Waals surface area contributed by atoms with Crippen LogP contribution in [-0.2, 0) is 6.18 Å². The maximum Gasteiger partial charge on any atom is 0.417 e. The van der Waals surface area contributed by atoms with Crippen LogP contribution in [0.2, 0.25) is 5.02 Å². The zero-order chi connectivity index (χ0) is 21.1. The number of carbonyl (C=O) groups is 2. The number of nitrogens with one attached hydrogen (secondary N) is 2. The maximum atomic E-state index is 14.1. The molecule has 0 saturated heterocycles. The Morgan fingerprint density at radius 2 is 1.82 bits per heavy atom. The first-order valence-corrected chi connectivity index (χ1v) is 7.84. The molecule has 0 atom stereocenters. The largest absolute Gasteiger partial charge is 0.417 e. The molecule has 1 aromatic carbocycles. The molecule has 12 heteroatoms. The summed E-state index contributed by atoms with van der Waals surface area (Å²) in [6.07, 6.45) is -4.39. The van der Waals surface area contributed by atoms with Crippen molar-refractivity contribution in [2.24, 2.45) is 0 Å². The Kier molecular flexibility index (Phi) is 6.52. The lowest BCUT2D eigenvalue weighted by molar-refractivity contribution is -0.137. The smallest absolute Gasteiger partial charge is 0.395 e. The topological polar surface area (TPSA) is 91.3 Å². The van der Waals surface area contributed by atoms with Crippen LogP contribution in [0.5, 0.6) is 0 Å². The number of aliphatic hydroxyl groups is 1. The number of rotatable bonds is 5. The third-order valence-corrected chi connectivity index (χ3v) is 3.61. The van der Waals surface area contributed by atoms with E-state index in [0.29, 0.717) is 24.4 Å². The summed E-state index contributed by atoms with van der Waals surface area (Å²) in [6, 6.07) is 1.48. The molecule has 0 unspecified atom stereocenters. The number of pyridine rings is 1. The van der Waals surface area contributed by atoms with E-state index in [9.17, 15) is 31.5 Å². The minimum absolute atomic E-state index is 0.226. The predicted octanol–water partition coefficient (Wildman–Crippen LogP) is 3.01. The Balaban J connectivity index is 2.37. The Morgan fingerprint density at radius 3 is 2.39 bits per heavy atom. The lowest BCUT2D eigenvalue weighted by Crippen LogP contribution is -2.28. The van der Waals surface area contributed by atoms with Gasteiger partial charge in [0.05, 0.1) is 28.4 Å². The summed E-state index contributed by atoms with van der Waals surface area (Å²) in [4.78, 5) is 27.6. The Bertz CT molecular complexity index is 921. The zero-order valence-electron chi connectivity index (χ0n) is 13.7. The third kappa shape index (κ3) is 4.93. The Morgan fingerprint density at radius 1 is 1.14 bits per heavy atom. The molecule has 0 spiro atoms. The first-order valence-electron chi connectivity index (χ1n) is 7.46. The molecule has 0 aliphatic rings. The van der Waals surface area contributed by atoms with Crippen LogP contribution < -0.4 is 10.6 Å². The minimum Gasteiger partial charge on any atom is -0.395 e. The highest BCUT2D eigenvalue weighted by molar-refractivity contribution is 6.34. The molecule has 150 valence electrons. The van der Waals surface area contributed by atoms with Gasteiger partial charge in [0.1, 0.15) is 17.3 Å². The number of hydrogen-bond acceptors (Lipinski definition) is 4. The summed E-state index contributed by atoms with van der Waals surface area (Å²) < 4.78 is 65.5. The van der Waals surface area contributed by atoms with Gasteiger partial charge >= 0.3 is 6.18 Å². The molecule has 28 heavy (non-hydrogen) atoms. The van der Waals surface area contributed by atoms with Gasteiger partial charge in [0.2, 0.25) is 0 Å². The lowest BCUT2D eigenvalue weighted by atomic mass is 10.1. The van der Waals surface area contributed by atoms with Crippen LogP contribution in [0.1, 0.15) is 26.4 Å². The van der Waals surface area contributed by atoms with Crippen LogP contribution in [0.4, 0.5) is 27.6 Å². The second kappa shape index (κ2) is 8.48. The van der Waals surface area contributed by atoms with Gasteiger partial charge in [-0.2, -0.15) is 13.2 Å². The van der Waals surface area contributed by atoms with Crippen LogP contribution >= 0.6 is 11.6 Å². The number of alkyl halides is 3. The van der Waals surface area contributed by atoms with E-state index in [0.717, 1.165) is 0 Å². The number of halogens is 6. The van der Waals surface area contributed by atoms with Crippen molar-refractivity contribution in [1.82, 2.24) is 10.3 Å². The molecule has 2 amide bonds. The highest BCUT2D eigenvalue weighted by atomic mass is 35.5. The van der Waals surface area contributed by atoms with Crippen LogP contribution in [-0.4, -0.2) is 35.1 Å². The molecule has 1 aromatic heterocycles. The molecule has 2 rings (SSSR count). The van der Waals surface area contributed by atoms with Crippen LogP contribution in [0.25, 0.3) is 0 Å². The summed E-state index contributed by atoms with van der Waals surface area (Å²) in [7, 11) is 0. The maximum absolute atomic E-state index is 14.1. The number of benzene rings is 1. The van der Waals surface area contributed by atoms with Crippen molar-refractivity contribution < 1.29 is 36.6 Å². The molecule has 0 bridgehead atoms. The van der Waals surface area contributed by atoms with Gasteiger partial charge in [-0.05, 0) is 12.1 Å². The Labute approximate surface area is 159 Å². The molecule has 3 N–H and O–H groups in total. The lowest BCUT2D eigenvalue weighted by Gasteiger charge is -2.13. The van der Waals surface area contributed by atoms with E-state index in [1.807, 2.05) is 5.32 Å². The van der Waals surface area contributed by atoms with Crippen molar-refractivity contribution in [2.75, 3.05) is 18.5 Å². The van der Waals surface area contributed by atoms with Crippen LogP contribution in [0.15, 0.2) is 24.4 Å². The average Bonchev–Trinajstić information content (AvgIpc) is 2.60. The van der Waals surface area contributed by atoms with Gasteiger partial charge in [-0.15, -0.1) is 0 Å². The second-order valence-electron chi connectivity index (χ2n) is 5.30. The number of hydrogen-bond donors (Lipinski definition) is 3. The Hall–Kier alpha value is -2.79. The molecule has 0 saturated carbocycles. The fourth-order valence-corrected chi connectivity index (χ4v) is 2.33. The normalized spacial score (nSPS) is 11.2. The van der Waals surface area contributed by atoms with Gasteiger partial charge in [-0.25, -0.2) is 13.8 Å². The fourth-order valence-electron chi connectivity index (χ4n) is 2.08. The number of aromatic nitrogens is 1. The number of nitrogens with zero attached hydrogens (tertiary/aromatic N) is 1. The SMILES string of the molecule is O=C(NCCO)c1cc(F)cc(F)c1NC(=O)c1ncc(C(F)(F)F)cc1Cl. The molecule has 0 aliphatic carbocycles. The molecule has 1 heterocycles. The first kappa shape index (κ1) is 21.5. The standard InChI is InChI=1S/C16H11ClF5N3O3/c17-10-3-7(16(20,21)22)6-24-13(10)15(28)25-12-9(14(27)23-1-2-26)4-8(18)5-11(12)19/h3-6,26H,1-2H2,(H,23,27)(H,25,28). The summed E-state index contributed by atoms with van der Waals surface area (Å²) in [6.45, 7) is -0.674. The number of aliphatic hydroxyl groups excluding tert-OH is 1. The molecule has 6 nitrogen and oxygen atoms in total. The quantitative estimate of drug-likeness (QED) is 0.645. The first-order chi connectivity index (χ1) is 13.0. The van der Waals surface area contributed by atoms with Gasteiger partial charge < -0.3 is 15.7 Å². The zero-order valence-corrected chi connectivity index (χ0v) is 14.5. The van der Waals surface area contributed by atoms with E-state index in [1.54, 1.807) is 0 Å². The fraction of sp³-hybridized carbons (Fsp3) is 0.188. The van der Waals surface area contributed by atoms with Crippen molar-refractivity contribution in [3.05, 3.63) is 57.9 Å². The van der Waals surface area contributed by atoms with Gasteiger partial charge in [-0.1, -0.05) is 11.6 Å². The third-order valence-electron chi connectivity index (χ3n) is 3.32. The van der Waals surface area contributed by atoms with E-state index in [2.05, 4.69) is 10.3 Å². The van der Waals surface area contributed by atoms with E-state index >= 15 is 0 Å². The van der Waals surface area contributed by atoms with Gasteiger partial charge in [0.25, 0.3) is 11.8 Å². The average molecular weight is 424 g/mol. The van der Waals surface area contributed by atoms with Crippen LogP contribution in [0, 0.1) is 11.6 Å². The van der Waals surface area contributed by atoms with Crippen molar-refractivity contribution in [2.45, 2.75) is 6.18 Å². The monoisotopic (exact) mass is 423 g/mol. The van der Waals surface area contributed by atoms with E-state index in [-0.39, 0.29) is 6.54 Å². The molecule has 2 aromatic rings. The molecular weight excluding hydrogens is 413 g/mol. The van der Waals surface area contributed by atoms with Gasteiger partial charge in [-0.3, -0.25) is 9.59 Å².